The highest BCUT2D eigenvalue weighted by Gasteiger charge is 2.30. The third-order valence-electron chi connectivity index (χ3n) is 0.980. The normalized spacial score (nSPS) is 11.3. The average molecular weight is 196 g/mol. The lowest BCUT2D eigenvalue weighted by Crippen LogP contribution is -2.16. The summed E-state index contributed by atoms with van der Waals surface area (Å²) in [5, 5.41) is 0.240. The van der Waals surface area contributed by atoms with Gasteiger partial charge in [0.25, 0.3) is 0 Å². The molecule has 1 aromatic carbocycles. The van der Waals surface area contributed by atoms with E-state index in [4.69, 9.17) is 11.6 Å². The summed E-state index contributed by atoms with van der Waals surface area (Å²) in [5.74, 6) is -0.327. The van der Waals surface area contributed by atoms with Crippen LogP contribution in [0.15, 0.2) is 18.2 Å². The molecule has 0 fully saturated rings. The molecule has 0 aliphatic heterocycles. The van der Waals surface area contributed by atoms with Crippen molar-refractivity contribution in [3.05, 3.63) is 29.3 Å². The predicted molar refractivity (Wildman–Crippen MR) is 37.0 cm³/mol. The van der Waals surface area contributed by atoms with Gasteiger partial charge in [0.1, 0.15) is 5.75 Å². The SMILES string of the molecule is FC(F)(F)Oc1c[c]c(Cl)cc1. The van der Waals surface area contributed by atoms with E-state index in [1.165, 1.54) is 6.07 Å². The fourth-order valence-corrected chi connectivity index (χ4v) is 0.706. The van der Waals surface area contributed by atoms with E-state index in [1.807, 2.05) is 0 Å². The van der Waals surface area contributed by atoms with Crippen LogP contribution in [-0.2, 0) is 0 Å². The number of benzene rings is 1. The molecule has 5 heteroatoms. The van der Waals surface area contributed by atoms with E-state index >= 15 is 0 Å². The van der Waals surface area contributed by atoms with Crippen molar-refractivity contribution in [2.24, 2.45) is 0 Å². The lowest BCUT2D eigenvalue weighted by atomic mass is 10.3. The molecule has 12 heavy (non-hydrogen) atoms. The molecule has 0 saturated carbocycles. The van der Waals surface area contributed by atoms with E-state index in [0.29, 0.717) is 0 Å². The largest absolute Gasteiger partial charge is 0.573 e. The maximum atomic E-state index is 11.6. The van der Waals surface area contributed by atoms with Crippen LogP contribution in [0.25, 0.3) is 0 Å². The van der Waals surface area contributed by atoms with Crippen LogP contribution in [-0.4, -0.2) is 6.36 Å². The van der Waals surface area contributed by atoms with Crippen molar-refractivity contribution in [1.82, 2.24) is 0 Å². The average Bonchev–Trinajstić information content (AvgIpc) is 1.91. The van der Waals surface area contributed by atoms with Crippen molar-refractivity contribution in [2.75, 3.05) is 0 Å². The van der Waals surface area contributed by atoms with E-state index in [9.17, 15) is 13.2 Å². The Kier molecular flexibility index (Phi) is 2.47. The zero-order valence-electron chi connectivity index (χ0n) is 5.65. The Balaban J connectivity index is 2.71. The molecule has 0 atom stereocenters. The van der Waals surface area contributed by atoms with E-state index in [0.717, 1.165) is 12.1 Å². The molecule has 65 valence electrons. The van der Waals surface area contributed by atoms with E-state index in [-0.39, 0.29) is 10.8 Å². The van der Waals surface area contributed by atoms with Crippen molar-refractivity contribution in [2.45, 2.75) is 6.36 Å². The molecule has 0 amide bonds. The lowest BCUT2D eigenvalue weighted by Gasteiger charge is -2.07. The topological polar surface area (TPSA) is 9.23 Å². The van der Waals surface area contributed by atoms with Crippen molar-refractivity contribution in [1.29, 1.82) is 0 Å². The van der Waals surface area contributed by atoms with E-state index < -0.39 is 6.36 Å². The maximum Gasteiger partial charge on any atom is 0.573 e. The number of hydrogen-bond acceptors (Lipinski definition) is 1. The molecule has 0 aliphatic carbocycles. The Bertz CT molecular complexity index is 254. The van der Waals surface area contributed by atoms with Crippen molar-refractivity contribution in [3.63, 3.8) is 0 Å². The Hall–Kier alpha value is -0.900. The smallest absolute Gasteiger partial charge is 0.406 e. The van der Waals surface area contributed by atoms with Gasteiger partial charge in [-0.1, -0.05) is 11.6 Å². The van der Waals surface area contributed by atoms with Gasteiger partial charge in [0.2, 0.25) is 0 Å². The molecular weight excluding hydrogens is 193 g/mol. The first-order valence-electron chi connectivity index (χ1n) is 2.90. The number of rotatable bonds is 1. The molecule has 1 rings (SSSR count). The van der Waals surface area contributed by atoms with Crippen LogP contribution < -0.4 is 4.74 Å². The van der Waals surface area contributed by atoms with Crippen LogP contribution in [0.5, 0.6) is 5.75 Å². The summed E-state index contributed by atoms with van der Waals surface area (Å²) in [6.45, 7) is 0. The van der Waals surface area contributed by atoms with E-state index in [1.54, 1.807) is 0 Å². The van der Waals surface area contributed by atoms with Gasteiger partial charge in [-0.25, -0.2) is 0 Å². The van der Waals surface area contributed by atoms with Crippen LogP contribution >= 0.6 is 11.6 Å². The summed E-state index contributed by atoms with van der Waals surface area (Å²) in [5.41, 5.74) is 0. The van der Waals surface area contributed by atoms with E-state index in [2.05, 4.69) is 10.8 Å². The molecule has 1 aromatic rings. The summed E-state index contributed by atoms with van der Waals surface area (Å²) < 4.78 is 38.3. The van der Waals surface area contributed by atoms with Crippen molar-refractivity contribution >= 4 is 11.6 Å². The third kappa shape index (κ3) is 3.00. The number of hydrogen-bond donors (Lipinski definition) is 0. The Labute approximate surface area is 71.7 Å². The summed E-state index contributed by atoms with van der Waals surface area (Å²) in [4.78, 5) is 0. The first-order chi connectivity index (χ1) is 5.47. The second-order valence-corrected chi connectivity index (χ2v) is 2.33. The van der Waals surface area contributed by atoms with Crippen LogP contribution in [0.2, 0.25) is 5.02 Å². The number of ether oxygens (including phenoxy) is 1. The fourth-order valence-electron chi connectivity index (χ4n) is 0.589. The second-order valence-electron chi connectivity index (χ2n) is 1.92. The molecule has 1 nitrogen and oxygen atoms in total. The standard InChI is InChI=1S/C7H3ClF3O/c8-5-1-3-6(4-2-5)12-7(9,10)11/h1,3-4H. The Morgan fingerprint density at radius 2 is 2.00 bits per heavy atom. The van der Waals surface area contributed by atoms with Gasteiger partial charge in [-0.3, -0.25) is 0 Å². The quantitative estimate of drug-likeness (QED) is 0.669. The van der Waals surface area contributed by atoms with Gasteiger partial charge in [-0.05, 0) is 18.2 Å². The van der Waals surface area contributed by atoms with Gasteiger partial charge >= 0.3 is 6.36 Å². The van der Waals surface area contributed by atoms with Crippen LogP contribution in [0.4, 0.5) is 13.2 Å². The van der Waals surface area contributed by atoms with Gasteiger partial charge in [0.15, 0.2) is 0 Å². The highest BCUT2D eigenvalue weighted by atomic mass is 35.5. The molecule has 0 unspecified atom stereocenters. The van der Waals surface area contributed by atoms with Gasteiger partial charge in [-0.2, -0.15) is 0 Å². The summed E-state index contributed by atoms with van der Waals surface area (Å²) in [6.07, 6.45) is -4.67. The Morgan fingerprint density at radius 3 is 2.42 bits per heavy atom. The first kappa shape index (κ1) is 9.19. The molecule has 1 radical (unpaired) electrons. The molecule has 0 aromatic heterocycles. The molecule has 0 spiro atoms. The summed E-state index contributed by atoms with van der Waals surface area (Å²) in [7, 11) is 0. The lowest BCUT2D eigenvalue weighted by molar-refractivity contribution is -0.274. The maximum absolute atomic E-state index is 11.6. The molecule has 0 aliphatic rings. The fraction of sp³-hybridized carbons (Fsp3) is 0.143. The number of halogens is 4. The van der Waals surface area contributed by atoms with Crippen molar-refractivity contribution < 1.29 is 17.9 Å². The monoisotopic (exact) mass is 195 g/mol. The minimum absolute atomic E-state index is 0.240. The minimum Gasteiger partial charge on any atom is -0.406 e. The molecular formula is C7H3ClF3O. The van der Waals surface area contributed by atoms with Gasteiger partial charge in [0.05, 0.1) is 0 Å². The van der Waals surface area contributed by atoms with Crippen LogP contribution in [0, 0.1) is 6.07 Å². The zero-order valence-corrected chi connectivity index (χ0v) is 6.41. The zero-order chi connectivity index (χ0) is 9.19. The molecule has 0 N–H and O–H groups in total. The summed E-state index contributed by atoms with van der Waals surface area (Å²) >= 11 is 5.39. The highest BCUT2D eigenvalue weighted by Crippen LogP contribution is 2.23. The van der Waals surface area contributed by atoms with Crippen LogP contribution in [0.3, 0.4) is 0 Å². The van der Waals surface area contributed by atoms with Gasteiger partial charge in [0, 0.05) is 11.1 Å². The predicted octanol–water partition coefficient (Wildman–Crippen LogP) is 3.04. The first-order valence-corrected chi connectivity index (χ1v) is 3.28. The highest BCUT2D eigenvalue weighted by molar-refractivity contribution is 6.30. The number of alkyl halides is 3. The minimum atomic E-state index is -4.67. The molecule has 0 bridgehead atoms. The van der Waals surface area contributed by atoms with Gasteiger partial charge in [-0.15, -0.1) is 13.2 Å². The van der Waals surface area contributed by atoms with Crippen molar-refractivity contribution in [3.8, 4) is 5.75 Å². The molecule has 0 heterocycles. The summed E-state index contributed by atoms with van der Waals surface area (Å²) in [6, 6.07) is 5.77. The second kappa shape index (κ2) is 3.23. The Morgan fingerprint density at radius 1 is 1.33 bits per heavy atom. The van der Waals surface area contributed by atoms with Crippen LogP contribution in [0.1, 0.15) is 0 Å². The third-order valence-corrected chi connectivity index (χ3v) is 1.21. The molecule has 0 saturated heterocycles. The van der Waals surface area contributed by atoms with Gasteiger partial charge < -0.3 is 4.74 Å².